The maximum atomic E-state index is 13.7. The lowest BCUT2D eigenvalue weighted by molar-refractivity contribution is 0.0725. The topological polar surface area (TPSA) is 46.3 Å². The second-order valence-electron chi connectivity index (χ2n) is 5.06. The molecule has 1 heterocycles. The number of benzene rings is 2. The van der Waals surface area contributed by atoms with Crippen molar-refractivity contribution < 1.29 is 13.6 Å². The van der Waals surface area contributed by atoms with E-state index in [1.54, 1.807) is 0 Å². The van der Waals surface area contributed by atoms with Gasteiger partial charge < -0.3 is 10.6 Å². The Morgan fingerprint density at radius 1 is 1.10 bits per heavy atom. The summed E-state index contributed by atoms with van der Waals surface area (Å²) in [5, 5.41) is 0. The number of hydrogen-bond acceptors (Lipinski definition) is 2. The largest absolute Gasteiger partial charge is 0.398 e. The van der Waals surface area contributed by atoms with Gasteiger partial charge in [-0.3, -0.25) is 4.79 Å². The number of carbonyl (C=O) groups excluding carboxylic acids is 1. The first-order chi connectivity index (χ1) is 10.1. The Kier molecular flexibility index (Phi) is 3.33. The van der Waals surface area contributed by atoms with Crippen LogP contribution in [0.5, 0.6) is 0 Å². The third-order valence-corrected chi connectivity index (χ3v) is 3.77. The molecule has 0 bridgehead atoms. The van der Waals surface area contributed by atoms with E-state index in [0.717, 1.165) is 23.3 Å². The van der Waals surface area contributed by atoms with Gasteiger partial charge in [0.2, 0.25) is 0 Å². The van der Waals surface area contributed by atoms with Crippen LogP contribution in [0.15, 0.2) is 36.4 Å². The molecular weight excluding hydrogens is 274 g/mol. The lowest BCUT2D eigenvalue weighted by Gasteiger charge is -2.29. The summed E-state index contributed by atoms with van der Waals surface area (Å²) in [6, 6.07) is 8.92. The summed E-state index contributed by atoms with van der Waals surface area (Å²) >= 11 is 0. The number of nitrogens with two attached hydrogens (primary N) is 1. The number of carbonyl (C=O) groups is 1. The van der Waals surface area contributed by atoms with Crippen molar-refractivity contribution in [1.29, 1.82) is 0 Å². The van der Waals surface area contributed by atoms with Crippen molar-refractivity contribution in [2.24, 2.45) is 0 Å². The van der Waals surface area contributed by atoms with Gasteiger partial charge in [-0.25, -0.2) is 8.78 Å². The molecule has 108 valence electrons. The van der Waals surface area contributed by atoms with E-state index >= 15 is 0 Å². The van der Waals surface area contributed by atoms with Gasteiger partial charge in [0.15, 0.2) is 0 Å². The number of nitrogens with zero attached hydrogens (tertiary/aromatic N) is 1. The van der Waals surface area contributed by atoms with Crippen molar-refractivity contribution >= 4 is 11.6 Å². The van der Waals surface area contributed by atoms with Crippen molar-refractivity contribution in [2.75, 3.05) is 12.3 Å². The Balaban J connectivity index is 1.91. The third kappa shape index (κ3) is 2.35. The maximum Gasteiger partial charge on any atom is 0.260 e. The summed E-state index contributed by atoms with van der Waals surface area (Å²) in [7, 11) is 0. The molecule has 0 saturated heterocycles. The van der Waals surface area contributed by atoms with Crippen LogP contribution in [-0.4, -0.2) is 17.4 Å². The van der Waals surface area contributed by atoms with Crippen molar-refractivity contribution in [3.63, 3.8) is 0 Å². The number of nitrogen functional groups attached to an aromatic ring is 1. The second kappa shape index (κ2) is 5.16. The Hall–Kier alpha value is -2.43. The van der Waals surface area contributed by atoms with Gasteiger partial charge >= 0.3 is 0 Å². The van der Waals surface area contributed by atoms with Gasteiger partial charge in [0.25, 0.3) is 5.91 Å². The van der Waals surface area contributed by atoms with Crippen molar-refractivity contribution in [2.45, 2.75) is 13.0 Å². The van der Waals surface area contributed by atoms with Crippen molar-refractivity contribution in [1.82, 2.24) is 4.90 Å². The van der Waals surface area contributed by atoms with E-state index in [1.807, 2.05) is 18.2 Å². The summed E-state index contributed by atoms with van der Waals surface area (Å²) in [6.45, 7) is 0.709. The van der Waals surface area contributed by atoms with E-state index in [9.17, 15) is 13.6 Å². The molecule has 0 unspecified atom stereocenters. The molecule has 1 aliphatic rings. The molecule has 3 nitrogen and oxygen atoms in total. The average molecular weight is 288 g/mol. The van der Waals surface area contributed by atoms with Crippen molar-refractivity contribution in [3.8, 4) is 0 Å². The van der Waals surface area contributed by atoms with Crippen molar-refractivity contribution in [3.05, 3.63) is 64.7 Å². The first kappa shape index (κ1) is 13.5. The highest BCUT2D eigenvalue weighted by Crippen LogP contribution is 2.26. The first-order valence-electron chi connectivity index (χ1n) is 6.67. The molecular formula is C16H14F2N2O. The fourth-order valence-electron chi connectivity index (χ4n) is 2.67. The molecule has 0 aromatic heterocycles. The summed E-state index contributed by atoms with van der Waals surface area (Å²) < 4.78 is 27.4. The second-order valence-corrected chi connectivity index (χ2v) is 5.06. The number of halogens is 2. The maximum absolute atomic E-state index is 13.7. The first-order valence-corrected chi connectivity index (χ1v) is 6.67. The van der Waals surface area contributed by atoms with Crippen LogP contribution in [0.3, 0.4) is 0 Å². The standard InChI is InChI=1S/C16H14F2N2O/c17-12-4-2-5-13(18)15(12)16(21)20-8-7-11-10(9-20)3-1-6-14(11)19/h1-6H,7-9,19H2. The summed E-state index contributed by atoms with van der Waals surface area (Å²) in [4.78, 5) is 13.8. The monoisotopic (exact) mass is 288 g/mol. The number of fused-ring (bicyclic) bond motifs is 1. The SMILES string of the molecule is Nc1cccc2c1CCN(C(=O)c1c(F)cccc1F)C2. The van der Waals surface area contributed by atoms with E-state index in [2.05, 4.69) is 0 Å². The fraction of sp³-hybridized carbons (Fsp3) is 0.188. The zero-order chi connectivity index (χ0) is 15.0. The minimum absolute atomic E-state index is 0.312. The van der Waals surface area contributed by atoms with Crippen LogP contribution in [-0.2, 0) is 13.0 Å². The Labute approximate surface area is 121 Å². The van der Waals surface area contributed by atoms with Crippen LogP contribution >= 0.6 is 0 Å². The molecule has 0 spiro atoms. The molecule has 1 amide bonds. The number of rotatable bonds is 1. The third-order valence-electron chi connectivity index (χ3n) is 3.77. The number of anilines is 1. The molecule has 5 heteroatoms. The Bertz CT molecular complexity index is 695. The van der Waals surface area contributed by atoms with Crippen LogP contribution in [0.4, 0.5) is 14.5 Å². The molecule has 0 fully saturated rings. The summed E-state index contributed by atoms with van der Waals surface area (Å²) in [6.07, 6.45) is 0.587. The van der Waals surface area contributed by atoms with E-state index in [-0.39, 0.29) is 0 Å². The van der Waals surface area contributed by atoms with Gasteiger partial charge in [0, 0.05) is 18.8 Å². The molecule has 0 radical (unpaired) electrons. The van der Waals surface area contributed by atoms with E-state index < -0.39 is 23.1 Å². The highest BCUT2D eigenvalue weighted by Gasteiger charge is 2.26. The predicted molar refractivity (Wildman–Crippen MR) is 75.7 cm³/mol. The van der Waals surface area contributed by atoms with E-state index in [0.29, 0.717) is 25.2 Å². The zero-order valence-corrected chi connectivity index (χ0v) is 11.3. The van der Waals surface area contributed by atoms with Crippen LogP contribution in [0.25, 0.3) is 0 Å². The zero-order valence-electron chi connectivity index (χ0n) is 11.3. The highest BCUT2D eigenvalue weighted by atomic mass is 19.1. The normalized spacial score (nSPS) is 13.9. The smallest absolute Gasteiger partial charge is 0.260 e. The minimum Gasteiger partial charge on any atom is -0.398 e. The molecule has 3 rings (SSSR count). The highest BCUT2D eigenvalue weighted by molar-refractivity contribution is 5.95. The Morgan fingerprint density at radius 2 is 1.76 bits per heavy atom. The van der Waals surface area contributed by atoms with Gasteiger partial charge in [-0.15, -0.1) is 0 Å². The van der Waals surface area contributed by atoms with Crippen LogP contribution < -0.4 is 5.73 Å². The molecule has 2 aromatic rings. The minimum atomic E-state index is -0.835. The van der Waals surface area contributed by atoms with Gasteiger partial charge in [0.1, 0.15) is 17.2 Å². The molecule has 0 atom stereocenters. The molecule has 2 N–H and O–H groups in total. The lowest BCUT2D eigenvalue weighted by Crippen LogP contribution is -2.37. The summed E-state index contributed by atoms with van der Waals surface area (Å²) in [5.41, 5.74) is 8.03. The fourth-order valence-corrected chi connectivity index (χ4v) is 2.67. The predicted octanol–water partition coefficient (Wildman–Crippen LogP) is 2.75. The molecule has 1 aliphatic heterocycles. The molecule has 2 aromatic carbocycles. The van der Waals surface area contributed by atoms with Crippen LogP contribution in [0, 0.1) is 11.6 Å². The number of hydrogen-bond donors (Lipinski definition) is 1. The molecule has 0 saturated carbocycles. The lowest BCUT2D eigenvalue weighted by atomic mass is 9.97. The van der Waals surface area contributed by atoms with Gasteiger partial charge in [0.05, 0.1) is 0 Å². The molecule has 21 heavy (non-hydrogen) atoms. The average Bonchev–Trinajstić information content (AvgIpc) is 2.47. The van der Waals surface area contributed by atoms with Crippen LogP contribution in [0.1, 0.15) is 21.5 Å². The van der Waals surface area contributed by atoms with Gasteiger partial charge in [-0.1, -0.05) is 18.2 Å². The molecule has 0 aliphatic carbocycles. The van der Waals surface area contributed by atoms with Crippen LogP contribution in [0.2, 0.25) is 0 Å². The van der Waals surface area contributed by atoms with Gasteiger partial charge in [-0.05, 0) is 35.7 Å². The summed E-state index contributed by atoms with van der Waals surface area (Å²) in [5.74, 6) is -2.30. The Morgan fingerprint density at radius 3 is 2.48 bits per heavy atom. The van der Waals surface area contributed by atoms with E-state index in [4.69, 9.17) is 5.73 Å². The number of amides is 1. The van der Waals surface area contributed by atoms with Gasteiger partial charge in [-0.2, -0.15) is 0 Å². The van der Waals surface area contributed by atoms with E-state index in [1.165, 1.54) is 11.0 Å². The quantitative estimate of drug-likeness (QED) is 0.820.